The molecule has 0 saturated heterocycles. The van der Waals surface area contributed by atoms with Gasteiger partial charge >= 0.3 is 5.97 Å². The van der Waals surface area contributed by atoms with Crippen LogP contribution in [0.1, 0.15) is 23.2 Å². The Bertz CT molecular complexity index is 940. The summed E-state index contributed by atoms with van der Waals surface area (Å²) in [7, 11) is 0. The molecule has 0 aliphatic rings. The largest absolute Gasteiger partial charge is 0.493 e. The molecule has 1 N–H and O–H groups in total. The third kappa shape index (κ3) is 4.94. The number of rotatable bonds is 8. The minimum absolute atomic E-state index is 0.167. The van der Waals surface area contributed by atoms with Gasteiger partial charge in [-0.05, 0) is 19.1 Å². The molecular weight excluding hydrogens is 362 g/mol. The Kier molecular flexibility index (Phi) is 6.35. The zero-order valence-corrected chi connectivity index (χ0v) is 15.3. The lowest BCUT2D eigenvalue weighted by Gasteiger charge is -2.10. The van der Waals surface area contributed by atoms with E-state index in [9.17, 15) is 9.59 Å². The fourth-order valence-electron chi connectivity index (χ4n) is 2.39. The Morgan fingerprint density at radius 1 is 1.07 bits per heavy atom. The van der Waals surface area contributed by atoms with E-state index in [1.54, 1.807) is 24.3 Å². The molecule has 28 heavy (non-hydrogen) atoms. The number of hydrogen-bond acceptors (Lipinski definition) is 7. The molecule has 0 radical (unpaired) electrons. The van der Waals surface area contributed by atoms with Gasteiger partial charge < -0.3 is 19.3 Å². The minimum atomic E-state index is -0.623. The van der Waals surface area contributed by atoms with E-state index in [0.717, 1.165) is 5.56 Å². The summed E-state index contributed by atoms with van der Waals surface area (Å²) >= 11 is 0. The number of para-hydroxylation sites is 1. The van der Waals surface area contributed by atoms with Gasteiger partial charge in [-0.15, -0.1) is 0 Å². The molecule has 1 heterocycles. The second-order valence-electron chi connectivity index (χ2n) is 5.65. The van der Waals surface area contributed by atoms with Crippen molar-refractivity contribution in [3.05, 3.63) is 66.1 Å². The van der Waals surface area contributed by atoms with Crippen LogP contribution in [0.3, 0.4) is 0 Å². The van der Waals surface area contributed by atoms with Crippen molar-refractivity contribution in [2.24, 2.45) is 0 Å². The van der Waals surface area contributed by atoms with Gasteiger partial charge in [-0.25, -0.2) is 0 Å². The van der Waals surface area contributed by atoms with Gasteiger partial charge in [-0.2, -0.15) is 4.98 Å². The van der Waals surface area contributed by atoms with Crippen LogP contribution in [0.5, 0.6) is 5.75 Å². The molecule has 3 aromatic rings. The highest BCUT2D eigenvalue weighted by atomic mass is 16.6. The van der Waals surface area contributed by atoms with Gasteiger partial charge in [0, 0.05) is 5.56 Å². The topological polar surface area (TPSA) is 104 Å². The maximum Gasteiger partial charge on any atom is 0.325 e. The summed E-state index contributed by atoms with van der Waals surface area (Å²) in [5.74, 6) is -0.0188. The van der Waals surface area contributed by atoms with Crippen molar-refractivity contribution in [2.45, 2.75) is 13.5 Å². The fourth-order valence-corrected chi connectivity index (χ4v) is 2.39. The van der Waals surface area contributed by atoms with E-state index in [1.165, 1.54) is 0 Å². The van der Waals surface area contributed by atoms with Gasteiger partial charge in [0.25, 0.3) is 11.8 Å². The number of benzene rings is 2. The van der Waals surface area contributed by atoms with Crippen molar-refractivity contribution in [1.82, 2.24) is 15.5 Å². The van der Waals surface area contributed by atoms with Crippen LogP contribution in [-0.2, 0) is 16.1 Å². The highest BCUT2D eigenvalue weighted by molar-refractivity contribution is 5.98. The highest BCUT2D eigenvalue weighted by Gasteiger charge is 2.15. The van der Waals surface area contributed by atoms with Crippen LogP contribution in [0.15, 0.2) is 59.1 Å². The number of esters is 1. The summed E-state index contributed by atoms with van der Waals surface area (Å²) < 4.78 is 15.5. The average Bonchev–Trinajstić information content (AvgIpc) is 3.21. The molecule has 8 nitrogen and oxygen atoms in total. The lowest BCUT2D eigenvalue weighted by atomic mass is 10.2. The Balaban J connectivity index is 1.49. The monoisotopic (exact) mass is 381 g/mol. The van der Waals surface area contributed by atoms with Crippen LogP contribution in [0.25, 0.3) is 11.4 Å². The molecule has 0 bridgehead atoms. The SMILES string of the molecule is CCOc1ccccc1C(=O)NCC(=O)OCc1nc(-c2ccccc2)no1. The fraction of sp³-hybridized carbons (Fsp3) is 0.200. The zero-order chi connectivity index (χ0) is 19.8. The minimum Gasteiger partial charge on any atom is -0.493 e. The molecule has 144 valence electrons. The van der Waals surface area contributed by atoms with Crippen LogP contribution in [0, 0.1) is 0 Å². The molecule has 0 fully saturated rings. The second-order valence-corrected chi connectivity index (χ2v) is 5.65. The molecule has 3 rings (SSSR count). The third-order valence-corrected chi connectivity index (χ3v) is 3.68. The zero-order valence-electron chi connectivity index (χ0n) is 15.3. The first kappa shape index (κ1) is 19.1. The van der Waals surface area contributed by atoms with Gasteiger partial charge in [0.1, 0.15) is 12.3 Å². The van der Waals surface area contributed by atoms with Crippen molar-refractivity contribution in [2.75, 3.05) is 13.2 Å². The maximum atomic E-state index is 12.2. The van der Waals surface area contributed by atoms with E-state index < -0.39 is 11.9 Å². The molecular formula is C20H19N3O5. The van der Waals surface area contributed by atoms with E-state index in [-0.39, 0.29) is 19.0 Å². The molecule has 0 aliphatic carbocycles. The number of carbonyl (C=O) groups is 2. The first-order valence-electron chi connectivity index (χ1n) is 8.71. The van der Waals surface area contributed by atoms with Gasteiger partial charge in [0.2, 0.25) is 5.82 Å². The van der Waals surface area contributed by atoms with Crippen molar-refractivity contribution in [3.8, 4) is 17.1 Å². The first-order valence-corrected chi connectivity index (χ1v) is 8.71. The molecule has 0 saturated carbocycles. The molecule has 1 amide bonds. The number of amides is 1. The lowest BCUT2D eigenvalue weighted by molar-refractivity contribution is -0.144. The third-order valence-electron chi connectivity index (χ3n) is 3.68. The summed E-state index contributed by atoms with van der Waals surface area (Å²) in [5, 5.41) is 6.35. The molecule has 0 unspecified atom stereocenters. The standard InChI is InChI=1S/C20H19N3O5/c1-2-26-16-11-7-6-10-15(16)20(25)21-12-18(24)27-13-17-22-19(23-28-17)14-8-4-3-5-9-14/h3-11H,2,12-13H2,1H3,(H,21,25). The Morgan fingerprint density at radius 2 is 1.82 bits per heavy atom. The lowest BCUT2D eigenvalue weighted by Crippen LogP contribution is -2.30. The number of nitrogens with one attached hydrogen (secondary N) is 1. The number of hydrogen-bond donors (Lipinski definition) is 1. The predicted octanol–water partition coefficient (Wildman–Crippen LogP) is 2.61. The Labute approximate surface area is 161 Å². The summed E-state index contributed by atoms with van der Waals surface area (Å²) in [5.41, 5.74) is 1.14. The summed E-state index contributed by atoms with van der Waals surface area (Å²) in [6, 6.07) is 16.1. The van der Waals surface area contributed by atoms with Crippen molar-refractivity contribution < 1.29 is 23.6 Å². The van der Waals surface area contributed by atoms with Crippen LogP contribution in [-0.4, -0.2) is 35.2 Å². The van der Waals surface area contributed by atoms with Gasteiger partial charge in [-0.1, -0.05) is 47.6 Å². The van der Waals surface area contributed by atoms with E-state index in [1.807, 2.05) is 37.3 Å². The molecule has 8 heteroatoms. The van der Waals surface area contributed by atoms with E-state index in [4.69, 9.17) is 14.0 Å². The summed E-state index contributed by atoms with van der Waals surface area (Å²) in [6.07, 6.45) is 0. The van der Waals surface area contributed by atoms with Gasteiger partial charge in [0.15, 0.2) is 6.61 Å². The van der Waals surface area contributed by atoms with E-state index >= 15 is 0 Å². The molecule has 0 spiro atoms. The Hall–Kier alpha value is -3.68. The molecule has 2 aromatic carbocycles. The average molecular weight is 381 g/mol. The number of aromatic nitrogens is 2. The van der Waals surface area contributed by atoms with Gasteiger partial charge in [0.05, 0.1) is 12.2 Å². The van der Waals surface area contributed by atoms with Crippen LogP contribution >= 0.6 is 0 Å². The quantitative estimate of drug-likeness (QED) is 0.598. The van der Waals surface area contributed by atoms with E-state index in [2.05, 4.69) is 15.5 Å². The van der Waals surface area contributed by atoms with E-state index in [0.29, 0.717) is 23.7 Å². The predicted molar refractivity (Wildman–Crippen MR) is 99.5 cm³/mol. The molecule has 0 aliphatic heterocycles. The van der Waals surface area contributed by atoms with Crippen LogP contribution in [0.4, 0.5) is 0 Å². The first-order chi connectivity index (χ1) is 13.7. The molecule has 0 atom stereocenters. The van der Waals surface area contributed by atoms with Crippen molar-refractivity contribution in [3.63, 3.8) is 0 Å². The normalized spacial score (nSPS) is 10.3. The van der Waals surface area contributed by atoms with Crippen LogP contribution in [0.2, 0.25) is 0 Å². The van der Waals surface area contributed by atoms with Crippen molar-refractivity contribution in [1.29, 1.82) is 0 Å². The number of carbonyl (C=O) groups excluding carboxylic acids is 2. The maximum absolute atomic E-state index is 12.2. The summed E-state index contributed by atoms with van der Waals surface area (Å²) in [4.78, 5) is 28.3. The number of ether oxygens (including phenoxy) is 2. The smallest absolute Gasteiger partial charge is 0.325 e. The van der Waals surface area contributed by atoms with Crippen LogP contribution < -0.4 is 10.1 Å². The number of nitrogens with zero attached hydrogens (tertiary/aromatic N) is 2. The summed E-state index contributed by atoms with van der Waals surface area (Å²) in [6.45, 7) is 1.79. The molecule has 1 aromatic heterocycles. The van der Waals surface area contributed by atoms with Crippen molar-refractivity contribution >= 4 is 11.9 Å². The second kappa shape index (κ2) is 9.31. The Morgan fingerprint density at radius 3 is 2.61 bits per heavy atom. The van der Waals surface area contributed by atoms with Gasteiger partial charge in [-0.3, -0.25) is 9.59 Å². The highest BCUT2D eigenvalue weighted by Crippen LogP contribution is 2.17.